The number of nitrogens with zero attached hydrogens (tertiary/aromatic N) is 3. The minimum Gasteiger partial charge on any atom is -0.373 e. The molecule has 1 aromatic rings. The summed E-state index contributed by atoms with van der Waals surface area (Å²) in [5.41, 5.74) is 0.557. The number of anilines is 2. The lowest BCUT2D eigenvalue weighted by molar-refractivity contribution is 0.199. The van der Waals surface area contributed by atoms with Crippen LogP contribution in [0.3, 0.4) is 0 Å². The van der Waals surface area contributed by atoms with Gasteiger partial charge in [0, 0.05) is 32.6 Å². The normalized spacial score (nSPS) is 17.8. The Morgan fingerprint density at radius 2 is 1.81 bits per heavy atom. The predicted octanol–water partition coefficient (Wildman–Crippen LogP) is 3.88. The Morgan fingerprint density at radius 1 is 1.14 bits per heavy atom. The van der Waals surface area contributed by atoms with Gasteiger partial charge in [0.2, 0.25) is 0 Å². The average molecular weight is 290 g/mol. The summed E-state index contributed by atoms with van der Waals surface area (Å²) in [5, 5.41) is 3.17. The van der Waals surface area contributed by atoms with Crippen molar-refractivity contribution in [2.45, 2.75) is 59.3 Å². The Balaban J connectivity index is 2.14. The van der Waals surface area contributed by atoms with Gasteiger partial charge in [-0.15, -0.1) is 0 Å². The van der Waals surface area contributed by atoms with Crippen LogP contribution in [-0.2, 0) is 6.42 Å². The monoisotopic (exact) mass is 290 g/mol. The van der Waals surface area contributed by atoms with Crippen molar-refractivity contribution >= 4 is 11.6 Å². The van der Waals surface area contributed by atoms with Gasteiger partial charge in [0.05, 0.1) is 0 Å². The van der Waals surface area contributed by atoms with Crippen molar-refractivity contribution < 1.29 is 0 Å². The Hall–Kier alpha value is -1.32. The molecule has 4 nitrogen and oxygen atoms in total. The van der Waals surface area contributed by atoms with Crippen molar-refractivity contribution in [1.29, 1.82) is 0 Å². The van der Waals surface area contributed by atoms with Gasteiger partial charge in [-0.2, -0.15) is 0 Å². The molecule has 0 bridgehead atoms. The highest BCUT2D eigenvalue weighted by Gasteiger charge is 2.31. The summed E-state index contributed by atoms with van der Waals surface area (Å²) in [6.07, 6.45) is 7.18. The number of hydrogen-bond donors (Lipinski definition) is 1. The van der Waals surface area contributed by atoms with Gasteiger partial charge in [-0.05, 0) is 24.7 Å². The van der Waals surface area contributed by atoms with Crippen LogP contribution in [0.15, 0.2) is 6.07 Å². The Kier molecular flexibility index (Phi) is 5.43. The first-order valence-corrected chi connectivity index (χ1v) is 8.47. The SMILES string of the molecule is CCCc1nc(NC)cc(N2CCC(CC)(CC)CC2)n1. The van der Waals surface area contributed by atoms with Crippen molar-refractivity contribution in [2.24, 2.45) is 5.41 Å². The summed E-state index contributed by atoms with van der Waals surface area (Å²) >= 11 is 0. The third-order valence-electron chi connectivity index (χ3n) is 5.14. The summed E-state index contributed by atoms with van der Waals surface area (Å²) in [4.78, 5) is 11.8. The summed E-state index contributed by atoms with van der Waals surface area (Å²) in [5.74, 6) is 2.99. The van der Waals surface area contributed by atoms with E-state index in [0.29, 0.717) is 5.41 Å². The first kappa shape index (κ1) is 16.1. The lowest BCUT2D eigenvalue weighted by atomic mass is 9.74. The van der Waals surface area contributed by atoms with Crippen molar-refractivity contribution in [3.05, 3.63) is 11.9 Å². The first-order valence-electron chi connectivity index (χ1n) is 8.47. The van der Waals surface area contributed by atoms with Crippen molar-refractivity contribution in [3.8, 4) is 0 Å². The van der Waals surface area contributed by atoms with Gasteiger partial charge in [-0.3, -0.25) is 0 Å². The molecule has 21 heavy (non-hydrogen) atoms. The number of hydrogen-bond acceptors (Lipinski definition) is 4. The maximum atomic E-state index is 4.77. The Morgan fingerprint density at radius 3 is 2.33 bits per heavy atom. The number of piperidine rings is 1. The molecule has 2 rings (SSSR count). The molecule has 118 valence electrons. The van der Waals surface area contributed by atoms with Gasteiger partial charge in [0.15, 0.2) is 0 Å². The number of rotatable bonds is 6. The van der Waals surface area contributed by atoms with Crippen molar-refractivity contribution in [3.63, 3.8) is 0 Å². The van der Waals surface area contributed by atoms with Gasteiger partial charge in [0.1, 0.15) is 17.5 Å². The Labute approximate surface area is 129 Å². The molecule has 0 unspecified atom stereocenters. The average Bonchev–Trinajstić information content (AvgIpc) is 2.55. The molecule has 4 heteroatoms. The van der Waals surface area contributed by atoms with Crippen LogP contribution in [0, 0.1) is 5.41 Å². The summed E-state index contributed by atoms with van der Waals surface area (Å²) in [6.45, 7) is 9.08. The predicted molar refractivity (Wildman–Crippen MR) is 90.0 cm³/mol. The van der Waals surface area contributed by atoms with E-state index in [0.717, 1.165) is 43.4 Å². The van der Waals surface area contributed by atoms with Crippen LogP contribution in [0.25, 0.3) is 0 Å². The molecule has 0 aliphatic carbocycles. The zero-order chi connectivity index (χ0) is 15.3. The van der Waals surface area contributed by atoms with Gasteiger partial charge in [-0.1, -0.05) is 33.6 Å². The van der Waals surface area contributed by atoms with Gasteiger partial charge in [0.25, 0.3) is 0 Å². The molecule has 2 heterocycles. The molecule has 0 amide bonds. The second kappa shape index (κ2) is 7.10. The summed E-state index contributed by atoms with van der Waals surface area (Å²) in [6, 6.07) is 2.09. The lowest BCUT2D eigenvalue weighted by Gasteiger charge is -2.41. The molecule has 1 fully saturated rings. The molecule has 1 aromatic heterocycles. The van der Waals surface area contributed by atoms with E-state index in [-0.39, 0.29) is 0 Å². The van der Waals surface area contributed by atoms with E-state index in [9.17, 15) is 0 Å². The second-order valence-electron chi connectivity index (χ2n) is 6.22. The minimum atomic E-state index is 0.557. The van der Waals surface area contributed by atoms with E-state index in [1.165, 1.54) is 25.7 Å². The van der Waals surface area contributed by atoms with Crippen LogP contribution in [0.4, 0.5) is 11.6 Å². The van der Waals surface area contributed by atoms with E-state index in [1.54, 1.807) is 0 Å². The Bertz CT molecular complexity index is 444. The molecule has 0 atom stereocenters. The molecule has 1 aliphatic heterocycles. The zero-order valence-electron chi connectivity index (χ0n) is 14.1. The number of nitrogens with one attached hydrogen (secondary N) is 1. The molecular formula is C17H30N4. The van der Waals surface area contributed by atoms with E-state index >= 15 is 0 Å². The summed E-state index contributed by atoms with van der Waals surface area (Å²) < 4.78 is 0. The van der Waals surface area contributed by atoms with Crippen LogP contribution in [-0.4, -0.2) is 30.1 Å². The summed E-state index contributed by atoms with van der Waals surface area (Å²) in [7, 11) is 1.93. The van der Waals surface area contributed by atoms with Crippen LogP contribution in [0.1, 0.15) is 58.7 Å². The molecule has 0 aromatic carbocycles. The van der Waals surface area contributed by atoms with Crippen LogP contribution < -0.4 is 10.2 Å². The molecule has 0 saturated carbocycles. The standard InChI is InChI=1S/C17H30N4/c1-5-8-14-19-15(18-4)13-16(20-14)21-11-9-17(6-2,7-3)10-12-21/h13H,5-12H2,1-4H3,(H,18,19,20). The maximum Gasteiger partial charge on any atom is 0.134 e. The van der Waals surface area contributed by atoms with Gasteiger partial charge >= 0.3 is 0 Å². The molecule has 0 radical (unpaired) electrons. The fourth-order valence-corrected chi connectivity index (χ4v) is 3.28. The largest absolute Gasteiger partial charge is 0.373 e. The lowest BCUT2D eigenvalue weighted by Crippen LogP contribution is -2.40. The van der Waals surface area contributed by atoms with Gasteiger partial charge in [-0.25, -0.2) is 9.97 Å². The van der Waals surface area contributed by atoms with E-state index in [2.05, 4.69) is 42.0 Å². The highest BCUT2D eigenvalue weighted by molar-refractivity contribution is 5.49. The minimum absolute atomic E-state index is 0.557. The highest BCUT2D eigenvalue weighted by atomic mass is 15.2. The molecule has 1 aliphatic rings. The fraction of sp³-hybridized carbons (Fsp3) is 0.765. The van der Waals surface area contributed by atoms with Crippen LogP contribution in [0.2, 0.25) is 0 Å². The van der Waals surface area contributed by atoms with Crippen molar-refractivity contribution in [2.75, 3.05) is 30.4 Å². The van der Waals surface area contributed by atoms with Crippen molar-refractivity contribution in [1.82, 2.24) is 9.97 Å². The third-order valence-corrected chi connectivity index (χ3v) is 5.14. The molecule has 1 N–H and O–H groups in total. The topological polar surface area (TPSA) is 41.1 Å². The number of aryl methyl sites for hydroxylation is 1. The number of aromatic nitrogens is 2. The van der Waals surface area contributed by atoms with Crippen LogP contribution in [0.5, 0.6) is 0 Å². The highest BCUT2D eigenvalue weighted by Crippen LogP contribution is 2.38. The van der Waals surface area contributed by atoms with Crippen LogP contribution >= 0.6 is 0 Å². The molecular weight excluding hydrogens is 260 g/mol. The first-order chi connectivity index (χ1) is 10.2. The maximum absolute atomic E-state index is 4.77. The molecule has 0 spiro atoms. The second-order valence-corrected chi connectivity index (χ2v) is 6.22. The smallest absolute Gasteiger partial charge is 0.134 e. The van der Waals surface area contributed by atoms with Gasteiger partial charge < -0.3 is 10.2 Å². The third kappa shape index (κ3) is 3.66. The van der Waals surface area contributed by atoms with E-state index in [4.69, 9.17) is 4.98 Å². The van der Waals surface area contributed by atoms with E-state index in [1.807, 2.05) is 7.05 Å². The van der Waals surface area contributed by atoms with E-state index < -0.39 is 0 Å². The fourth-order valence-electron chi connectivity index (χ4n) is 3.28. The molecule has 1 saturated heterocycles. The zero-order valence-corrected chi connectivity index (χ0v) is 14.1. The quantitative estimate of drug-likeness (QED) is 0.863.